The van der Waals surface area contributed by atoms with Gasteiger partial charge in [-0.3, -0.25) is 15.6 Å². The topological polar surface area (TPSA) is 53.2 Å². The van der Waals surface area contributed by atoms with E-state index in [0.717, 1.165) is 12.8 Å². The molecule has 0 fully saturated rings. The molecular weight excluding hydrogens is 365 g/mol. The smallest absolute Gasteiger partial charge is 0.269 e. The number of carbonyl (C=O) groups is 1. The van der Waals surface area contributed by atoms with E-state index < -0.39 is 0 Å². The van der Waals surface area contributed by atoms with E-state index >= 15 is 0 Å². The molecule has 2 rings (SSSR count). The molecule has 0 saturated heterocycles. The minimum Gasteiger partial charge on any atom is -0.361 e. The fourth-order valence-electron chi connectivity index (χ4n) is 2.01. The largest absolute Gasteiger partial charge is 0.361 e. The fourth-order valence-corrected chi connectivity index (χ4v) is 2.46. The molecule has 0 radical (unpaired) electrons. The lowest BCUT2D eigenvalue weighted by molar-refractivity contribution is 0.0943. The fraction of sp³-hybridized carbons (Fsp3) is 0.176. The van der Waals surface area contributed by atoms with Crippen LogP contribution in [0.1, 0.15) is 22.3 Å². The number of hydrogen-bond donors (Lipinski definition) is 3. The summed E-state index contributed by atoms with van der Waals surface area (Å²) in [6, 6.07) is 14.9. The third kappa shape index (κ3) is 6.00. The number of benzene rings is 2. The average Bonchev–Trinajstić information content (AvgIpc) is 2.60. The summed E-state index contributed by atoms with van der Waals surface area (Å²) in [6.07, 6.45) is 1.90. The van der Waals surface area contributed by atoms with Crippen molar-refractivity contribution in [2.75, 3.05) is 6.54 Å². The summed E-state index contributed by atoms with van der Waals surface area (Å²) < 4.78 is 0. The zero-order chi connectivity index (χ0) is 17.4. The Kier molecular flexibility index (Phi) is 7.31. The highest BCUT2D eigenvalue weighted by Crippen LogP contribution is 2.22. The summed E-state index contributed by atoms with van der Waals surface area (Å²) in [5.41, 5.74) is 6.84. The monoisotopic (exact) mass is 381 g/mol. The molecule has 2 aromatic carbocycles. The van der Waals surface area contributed by atoms with Crippen LogP contribution in [0.4, 0.5) is 0 Å². The van der Waals surface area contributed by atoms with E-state index in [0.29, 0.717) is 27.3 Å². The SMILES string of the molecule is O=C(NNC(=S)NCCCc1ccccc1)c1ccc(Cl)c(Cl)c1. The summed E-state index contributed by atoms with van der Waals surface area (Å²) >= 11 is 16.8. The van der Waals surface area contributed by atoms with Crippen molar-refractivity contribution < 1.29 is 4.79 Å². The third-order valence-electron chi connectivity index (χ3n) is 3.24. The summed E-state index contributed by atoms with van der Waals surface area (Å²) in [7, 11) is 0. The second-order valence-electron chi connectivity index (χ2n) is 5.05. The van der Waals surface area contributed by atoms with Gasteiger partial charge in [-0.2, -0.15) is 0 Å². The van der Waals surface area contributed by atoms with Crippen molar-refractivity contribution in [3.05, 3.63) is 69.7 Å². The van der Waals surface area contributed by atoms with Crippen LogP contribution in [0.2, 0.25) is 10.0 Å². The van der Waals surface area contributed by atoms with Crippen LogP contribution in [0.25, 0.3) is 0 Å². The van der Waals surface area contributed by atoms with Crippen LogP contribution in [0.5, 0.6) is 0 Å². The predicted octanol–water partition coefficient (Wildman–Crippen LogP) is 3.74. The molecule has 1 amide bonds. The molecule has 0 bridgehead atoms. The van der Waals surface area contributed by atoms with Gasteiger partial charge in [0.05, 0.1) is 10.0 Å². The van der Waals surface area contributed by atoms with Crippen LogP contribution in [0, 0.1) is 0 Å². The Labute approximate surface area is 156 Å². The van der Waals surface area contributed by atoms with Crippen LogP contribution in [-0.4, -0.2) is 17.6 Å². The standard InChI is InChI=1S/C17H17Cl2N3OS/c18-14-9-8-13(11-15(14)19)16(23)21-22-17(24)20-10-4-7-12-5-2-1-3-6-12/h1-3,5-6,8-9,11H,4,7,10H2,(H,21,23)(H2,20,22,24). The minimum absolute atomic E-state index is 0.325. The van der Waals surface area contributed by atoms with Gasteiger partial charge in [0, 0.05) is 12.1 Å². The number of carbonyl (C=O) groups excluding carboxylic acids is 1. The van der Waals surface area contributed by atoms with Gasteiger partial charge in [0.25, 0.3) is 5.91 Å². The Morgan fingerprint density at radius 2 is 1.75 bits per heavy atom. The first-order valence-corrected chi connectivity index (χ1v) is 8.56. The molecule has 0 saturated carbocycles. The van der Waals surface area contributed by atoms with E-state index in [-0.39, 0.29) is 5.91 Å². The maximum Gasteiger partial charge on any atom is 0.269 e. The van der Waals surface area contributed by atoms with Crippen molar-refractivity contribution in [2.45, 2.75) is 12.8 Å². The van der Waals surface area contributed by atoms with Gasteiger partial charge in [-0.05, 0) is 48.8 Å². The van der Waals surface area contributed by atoms with Crippen molar-refractivity contribution >= 4 is 46.4 Å². The maximum atomic E-state index is 12.0. The van der Waals surface area contributed by atoms with Gasteiger partial charge in [0.2, 0.25) is 0 Å². The van der Waals surface area contributed by atoms with Crippen molar-refractivity contribution in [3.8, 4) is 0 Å². The molecule has 0 unspecified atom stereocenters. The van der Waals surface area contributed by atoms with Crippen molar-refractivity contribution in [3.63, 3.8) is 0 Å². The molecule has 2 aromatic rings. The van der Waals surface area contributed by atoms with E-state index in [9.17, 15) is 4.79 Å². The molecule has 0 aromatic heterocycles. The van der Waals surface area contributed by atoms with Crippen LogP contribution in [0.3, 0.4) is 0 Å². The Hall–Kier alpha value is -1.82. The van der Waals surface area contributed by atoms with Gasteiger partial charge < -0.3 is 5.32 Å². The zero-order valence-electron chi connectivity index (χ0n) is 12.8. The molecule has 0 aliphatic carbocycles. The number of halogens is 2. The van der Waals surface area contributed by atoms with Gasteiger partial charge >= 0.3 is 0 Å². The molecule has 0 aliphatic rings. The summed E-state index contributed by atoms with van der Waals surface area (Å²) in [5, 5.41) is 4.12. The number of thiocarbonyl (C=S) groups is 1. The average molecular weight is 382 g/mol. The van der Waals surface area contributed by atoms with Gasteiger partial charge in [0.1, 0.15) is 0 Å². The molecule has 4 nitrogen and oxygen atoms in total. The van der Waals surface area contributed by atoms with Crippen molar-refractivity contribution in [1.82, 2.24) is 16.2 Å². The molecule has 3 N–H and O–H groups in total. The Bertz CT molecular complexity index is 710. The zero-order valence-corrected chi connectivity index (χ0v) is 15.1. The van der Waals surface area contributed by atoms with E-state index in [2.05, 4.69) is 28.3 Å². The van der Waals surface area contributed by atoms with E-state index in [1.54, 1.807) is 12.1 Å². The van der Waals surface area contributed by atoms with Crippen molar-refractivity contribution in [1.29, 1.82) is 0 Å². The molecule has 7 heteroatoms. The van der Waals surface area contributed by atoms with Gasteiger partial charge in [-0.15, -0.1) is 0 Å². The van der Waals surface area contributed by atoms with Gasteiger partial charge in [-0.25, -0.2) is 0 Å². The minimum atomic E-state index is -0.345. The first kappa shape index (κ1) is 18.5. The number of nitrogens with one attached hydrogen (secondary N) is 3. The lowest BCUT2D eigenvalue weighted by Gasteiger charge is -2.12. The quantitative estimate of drug-likeness (QED) is 0.419. The molecular formula is C17H17Cl2N3OS. The Morgan fingerprint density at radius 1 is 1.00 bits per heavy atom. The van der Waals surface area contributed by atoms with Crippen LogP contribution < -0.4 is 16.2 Å². The number of aryl methyl sites for hydroxylation is 1. The Balaban J connectivity index is 1.67. The lowest BCUT2D eigenvalue weighted by Crippen LogP contribution is -2.47. The first-order valence-electron chi connectivity index (χ1n) is 7.39. The highest BCUT2D eigenvalue weighted by molar-refractivity contribution is 7.80. The molecule has 0 heterocycles. The number of hydrazine groups is 1. The van der Waals surface area contributed by atoms with Crippen molar-refractivity contribution in [2.24, 2.45) is 0 Å². The molecule has 0 spiro atoms. The molecule has 126 valence electrons. The second kappa shape index (κ2) is 9.47. The number of rotatable bonds is 5. The highest BCUT2D eigenvalue weighted by Gasteiger charge is 2.08. The van der Waals surface area contributed by atoms with Gasteiger partial charge in [-0.1, -0.05) is 53.5 Å². The summed E-state index contributed by atoms with van der Waals surface area (Å²) in [6.45, 7) is 0.712. The van der Waals surface area contributed by atoms with E-state index in [1.807, 2.05) is 18.2 Å². The Morgan fingerprint density at radius 3 is 2.46 bits per heavy atom. The molecule has 0 aliphatic heterocycles. The molecule has 24 heavy (non-hydrogen) atoms. The summed E-state index contributed by atoms with van der Waals surface area (Å²) in [5.74, 6) is -0.345. The van der Waals surface area contributed by atoms with E-state index in [4.69, 9.17) is 35.4 Å². The highest BCUT2D eigenvalue weighted by atomic mass is 35.5. The predicted molar refractivity (Wildman–Crippen MR) is 102 cm³/mol. The second-order valence-corrected chi connectivity index (χ2v) is 6.28. The van der Waals surface area contributed by atoms with Crippen LogP contribution >= 0.6 is 35.4 Å². The van der Waals surface area contributed by atoms with Crippen LogP contribution in [0.15, 0.2) is 48.5 Å². The molecule has 0 atom stereocenters. The van der Waals surface area contributed by atoms with E-state index in [1.165, 1.54) is 11.6 Å². The van der Waals surface area contributed by atoms with Crippen LogP contribution in [-0.2, 0) is 6.42 Å². The first-order chi connectivity index (χ1) is 11.6. The lowest BCUT2D eigenvalue weighted by atomic mass is 10.1. The van der Waals surface area contributed by atoms with Gasteiger partial charge in [0.15, 0.2) is 5.11 Å². The third-order valence-corrected chi connectivity index (χ3v) is 4.23. The number of hydrogen-bond acceptors (Lipinski definition) is 2. The maximum absolute atomic E-state index is 12.0. The normalized spacial score (nSPS) is 10.1. The summed E-state index contributed by atoms with van der Waals surface area (Å²) in [4.78, 5) is 12.0. The number of amides is 1.